The van der Waals surface area contributed by atoms with E-state index in [0.29, 0.717) is 13.2 Å². The summed E-state index contributed by atoms with van der Waals surface area (Å²) in [5, 5.41) is 3.32. The molecule has 0 saturated heterocycles. The van der Waals surface area contributed by atoms with Crippen LogP contribution in [0.15, 0.2) is 36.4 Å². The van der Waals surface area contributed by atoms with E-state index in [1.807, 2.05) is 38.1 Å². The third kappa shape index (κ3) is 5.73. The molecule has 3 nitrogen and oxygen atoms in total. The van der Waals surface area contributed by atoms with Crippen molar-refractivity contribution >= 4 is 0 Å². The maximum atomic E-state index is 5.69. The van der Waals surface area contributed by atoms with Gasteiger partial charge in [-0.25, -0.2) is 0 Å². The highest BCUT2D eigenvalue weighted by Gasteiger charge is 2.02. The number of ether oxygens (including phenoxy) is 2. The highest BCUT2D eigenvalue weighted by atomic mass is 16.5. The lowest BCUT2D eigenvalue weighted by Crippen LogP contribution is -2.21. The van der Waals surface area contributed by atoms with Gasteiger partial charge in [0.15, 0.2) is 11.5 Å². The summed E-state index contributed by atoms with van der Waals surface area (Å²) in [4.78, 5) is 0. The van der Waals surface area contributed by atoms with Crippen molar-refractivity contribution in [3.05, 3.63) is 36.4 Å². The molecule has 0 bridgehead atoms. The van der Waals surface area contributed by atoms with Crippen molar-refractivity contribution in [3.8, 4) is 11.5 Å². The van der Waals surface area contributed by atoms with Crippen LogP contribution in [0.4, 0.5) is 0 Å². The number of hydrogen-bond donors (Lipinski definition) is 1. The smallest absolute Gasteiger partial charge is 0.161 e. The summed E-state index contributed by atoms with van der Waals surface area (Å²) >= 11 is 0. The van der Waals surface area contributed by atoms with Gasteiger partial charge in [-0.05, 0) is 38.9 Å². The molecule has 0 fully saturated rings. The van der Waals surface area contributed by atoms with Crippen LogP contribution < -0.4 is 14.8 Å². The maximum absolute atomic E-state index is 5.69. The fraction of sp³-hybridized carbons (Fsp3) is 0.467. The van der Waals surface area contributed by atoms with E-state index in [2.05, 4.69) is 17.5 Å². The van der Waals surface area contributed by atoms with Crippen molar-refractivity contribution < 1.29 is 9.47 Å². The minimum Gasteiger partial charge on any atom is -0.490 e. The normalized spacial score (nSPS) is 10.8. The standard InChI is InChI=1S/C15H23NO2/c1-3-5-8-11-16-12-13-18-15-10-7-6-9-14(15)17-4-2/h3,5-7,9-10,16H,4,8,11-13H2,1-2H3/b5-3+. The predicted molar refractivity (Wildman–Crippen MR) is 75.4 cm³/mol. The fourth-order valence-electron chi connectivity index (χ4n) is 1.55. The molecule has 0 aromatic heterocycles. The van der Waals surface area contributed by atoms with Crippen LogP contribution in [0.3, 0.4) is 0 Å². The summed E-state index contributed by atoms with van der Waals surface area (Å²) in [6.07, 6.45) is 5.28. The van der Waals surface area contributed by atoms with Crippen molar-refractivity contribution in [2.45, 2.75) is 20.3 Å². The van der Waals surface area contributed by atoms with Gasteiger partial charge in [0.1, 0.15) is 6.61 Å². The van der Waals surface area contributed by atoms with Crippen molar-refractivity contribution in [1.29, 1.82) is 0 Å². The molecule has 100 valence electrons. The number of nitrogens with one attached hydrogen (secondary N) is 1. The summed E-state index contributed by atoms with van der Waals surface area (Å²) in [5.41, 5.74) is 0. The summed E-state index contributed by atoms with van der Waals surface area (Å²) in [6, 6.07) is 7.77. The lowest BCUT2D eigenvalue weighted by Gasteiger charge is -2.11. The number of para-hydroxylation sites is 2. The van der Waals surface area contributed by atoms with Crippen molar-refractivity contribution in [2.75, 3.05) is 26.3 Å². The molecule has 0 unspecified atom stereocenters. The average Bonchev–Trinajstić information content (AvgIpc) is 2.40. The van der Waals surface area contributed by atoms with Crippen molar-refractivity contribution in [2.24, 2.45) is 0 Å². The van der Waals surface area contributed by atoms with Crippen LogP contribution in [0.5, 0.6) is 11.5 Å². The van der Waals surface area contributed by atoms with Gasteiger partial charge >= 0.3 is 0 Å². The third-order valence-electron chi connectivity index (χ3n) is 2.41. The largest absolute Gasteiger partial charge is 0.490 e. The predicted octanol–water partition coefficient (Wildman–Crippen LogP) is 3.02. The Hall–Kier alpha value is -1.48. The first-order chi connectivity index (χ1) is 8.88. The summed E-state index contributed by atoms with van der Waals surface area (Å²) in [5.74, 6) is 1.63. The van der Waals surface area contributed by atoms with E-state index in [0.717, 1.165) is 31.0 Å². The Kier molecular flexibility index (Phi) is 7.73. The maximum Gasteiger partial charge on any atom is 0.161 e. The molecular weight excluding hydrogens is 226 g/mol. The first kappa shape index (κ1) is 14.6. The SMILES string of the molecule is C/C=C/CCNCCOc1ccccc1OCC. The van der Waals surface area contributed by atoms with E-state index < -0.39 is 0 Å². The van der Waals surface area contributed by atoms with Crippen LogP contribution in [0.2, 0.25) is 0 Å². The quantitative estimate of drug-likeness (QED) is 0.539. The Morgan fingerprint density at radius 3 is 2.50 bits per heavy atom. The van der Waals surface area contributed by atoms with E-state index in [-0.39, 0.29) is 0 Å². The van der Waals surface area contributed by atoms with Crippen LogP contribution >= 0.6 is 0 Å². The van der Waals surface area contributed by atoms with Gasteiger partial charge in [-0.3, -0.25) is 0 Å². The van der Waals surface area contributed by atoms with Gasteiger partial charge in [0, 0.05) is 6.54 Å². The van der Waals surface area contributed by atoms with Crippen molar-refractivity contribution in [1.82, 2.24) is 5.32 Å². The van der Waals surface area contributed by atoms with Crippen molar-refractivity contribution in [3.63, 3.8) is 0 Å². The van der Waals surface area contributed by atoms with E-state index in [1.165, 1.54) is 0 Å². The summed E-state index contributed by atoms with van der Waals surface area (Å²) in [7, 11) is 0. The van der Waals surface area contributed by atoms with Crippen LogP contribution in [-0.4, -0.2) is 26.3 Å². The molecule has 1 aromatic rings. The van der Waals surface area contributed by atoms with Gasteiger partial charge in [0.2, 0.25) is 0 Å². The fourth-order valence-corrected chi connectivity index (χ4v) is 1.55. The van der Waals surface area contributed by atoms with Crippen LogP contribution in [0.25, 0.3) is 0 Å². The van der Waals surface area contributed by atoms with Gasteiger partial charge in [-0.1, -0.05) is 24.3 Å². The first-order valence-corrected chi connectivity index (χ1v) is 6.55. The van der Waals surface area contributed by atoms with Gasteiger partial charge < -0.3 is 14.8 Å². The van der Waals surface area contributed by atoms with E-state index >= 15 is 0 Å². The second-order valence-electron chi connectivity index (χ2n) is 3.84. The molecular formula is C15H23NO2. The molecule has 0 aliphatic carbocycles. The third-order valence-corrected chi connectivity index (χ3v) is 2.41. The topological polar surface area (TPSA) is 30.5 Å². The molecule has 0 amide bonds. The second-order valence-corrected chi connectivity index (χ2v) is 3.84. The zero-order chi connectivity index (χ0) is 13.1. The summed E-state index contributed by atoms with van der Waals surface area (Å²) in [6.45, 7) is 7.15. The number of benzene rings is 1. The monoisotopic (exact) mass is 249 g/mol. The minimum atomic E-state index is 0.653. The lowest BCUT2D eigenvalue weighted by molar-refractivity contribution is 0.276. The Morgan fingerprint density at radius 2 is 1.83 bits per heavy atom. The molecule has 0 heterocycles. The molecule has 0 spiro atoms. The zero-order valence-electron chi connectivity index (χ0n) is 11.3. The minimum absolute atomic E-state index is 0.653. The molecule has 0 aliphatic heterocycles. The Labute approximate surface area is 110 Å². The Morgan fingerprint density at radius 1 is 1.11 bits per heavy atom. The first-order valence-electron chi connectivity index (χ1n) is 6.55. The van der Waals surface area contributed by atoms with Crippen LogP contribution in [0, 0.1) is 0 Å². The second kappa shape index (κ2) is 9.54. The van der Waals surface area contributed by atoms with Gasteiger partial charge in [-0.15, -0.1) is 0 Å². The zero-order valence-corrected chi connectivity index (χ0v) is 11.3. The van der Waals surface area contributed by atoms with Gasteiger partial charge in [0.25, 0.3) is 0 Å². The molecule has 0 atom stereocenters. The molecule has 1 aromatic carbocycles. The van der Waals surface area contributed by atoms with Crippen LogP contribution in [0.1, 0.15) is 20.3 Å². The molecule has 18 heavy (non-hydrogen) atoms. The van der Waals surface area contributed by atoms with Crippen LogP contribution in [-0.2, 0) is 0 Å². The van der Waals surface area contributed by atoms with E-state index in [9.17, 15) is 0 Å². The molecule has 0 radical (unpaired) electrons. The highest BCUT2D eigenvalue weighted by molar-refractivity contribution is 5.39. The number of rotatable bonds is 9. The molecule has 0 aliphatic rings. The number of allylic oxidation sites excluding steroid dienone is 1. The summed E-state index contributed by atoms with van der Waals surface area (Å²) < 4.78 is 11.2. The Bertz CT molecular complexity index is 350. The molecule has 1 N–H and O–H groups in total. The highest BCUT2D eigenvalue weighted by Crippen LogP contribution is 2.25. The van der Waals surface area contributed by atoms with Gasteiger partial charge in [0.05, 0.1) is 6.61 Å². The lowest BCUT2D eigenvalue weighted by atomic mass is 10.3. The van der Waals surface area contributed by atoms with E-state index in [1.54, 1.807) is 0 Å². The van der Waals surface area contributed by atoms with Gasteiger partial charge in [-0.2, -0.15) is 0 Å². The molecule has 1 rings (SSSR count). The Balaban J connectivity index is 2.22. The average molecular weight is 249 g/mol. The van der Waals surface area contributed by atoms with E-state index in [4.69, 9.17) is 9.47 Å². The molecule has 0 saturated carbocycles. The molecule has 3 heteroatoms. The number of hydrogen-bond acceptors (Lipinski definition) is 3.